The van der Waals surface area contributed by atoms with E-state index in [9.17, 15) is 13.6 Å². The molecule has 0 spiro atoms. The number of nitrogens with one attached hydrogen (secondary N) is 1. The number of aromatic nitrogens is 5. The zero-order valence-electron chi connectivity index (χ0n) is 17.1. The molecule has 10 heteroatoms. The molecule has 1 amide bonds. The number of nitrogen functional groups attached to an aromatic ring is 1. The second-order valence-corrected chi connectivity index (χ2v) is 7.02. The minimum absolute atomic E-state index is 0.0481. The van der Waals surface area contributed by atoms with Gasteiger partial charge in [0, 0.05) is 23.9 Å². The Morgan fingerprint density at radius 1 is 1.12 bits per heavy atom. The van der Waals surface area contributed by atoms with Crippen LogP contribution < -0.4 is 11.1 Å². The van der Waals surface area contributed by atoms with Crippen LogP contribution in [0.2, 0.25) is 0 Å². The first-order valence-corrected chi connectivity index (χ1v) is 9.87. The topological polar surface area (TPSA) is 112 Å². The molecule has 2 aromatic heterocycles. The predicted molar refractivity (Wildman–Crippen MR) is 116 cm³/mol. The van der Waals surface area contributed by atoms with Crippen molar-refractivity contribution in [2.45, 2.75) is 19.8 Å². The van der Waals surface area contributed by atoms with Crippen molar-refractivity contribution in [3.05, 3.63) is 66.4 Å². The van der Waals surface area contributed by atoms with Crippen LogP contribution in [0.25, 0.3) is 28.2 Å². The summed E-state index contributed by atoms with van der Waals surface area (Å²) in [7, 11) is 0. The van der Waals surface area contributed by atoms with Gasteiger partial charge >= 0.3 is 0 Å². The predicted octanol–water partition coefficient (Wildman–Crippen LogP) is 3.99. The molecule has 0 aliphatic heterocycles. The maximum Gasteiger partial charge on any atom is 0.224 e. The van der Waals surface area contributed by atoms with E-state index in [1.54, 1.807) is 24.4 Å². The lowest BCUT2D eigenvalue weighted by Crippen LogP contribution is -2.10. The van der Waals surface area contributed by atoms with Gasteiger partial charge in [0.2, 0.25) is 5.91 Å². The maximum atomic E-state index is 14.3. The van der Waals surface area contributed by atoms with Gasteiger partial charge in [0.25, 0.3) is 0 Å². The van der Waals surface area contributed by atoms with Crippen molar-refractivity contribution in [3.63, 3.8) is 0 Å². The molecule has 3 N–H and O–H groups in total. The van der Waals surface area contributed by atoms with E-state index in [1.165, 1.54) is 12.1 Å². The van der Waals surface area contributed by atoms with Gasteiger partial charge in [-0.25, -0.2) is 13.8 Å². The molecule has 0 radical (unpaired) electrons. The molecule has 0 aliphatic rings. The average molecular weight is 435 g/mol. The molecular formula is C22H19F2N7O. The summed E-state index contributed by atoms with van der Waals surface area (Å²) in [6, 6.07) is 12.7. The smallest absolute Gasteiger partial charge is 0.224 e. The number of anilines is 2. The van der Waals surface area contributed by atoms with Crippen molar-refractivity contribution in [2.24, 2.45) is 0 Å². The first-order chi connectivity index (χ1) is 15.5. The number of rotatable bonds is 6. The van der Waals surface area contributed by atoms with E-state index in [0.717, 1.165) is 22.7 Å². The van der Waals surface area contributed by atoms with Gasteiger partial charge < -0.3 is 11.1 Å². The van der Waals surface area contributed by atoms with Crippen LogP contribution in [-0.2, 0) is 4.79 Å². The summed E-state index contributed by atoms with van der Waals surface area (Å²) in [5.41, 5.74) is 8.45. The van der Waals surface area contributed by atoms with Gasteiger partial charge in [-0.05, 0) is 52.7 Å². The third kappa shape index (κ3) is 4.15. The van der Waals surface area contributed by atoms with E-state index in [-0.39, 0.29) is 23.2 Å². The van der Waals surface area contributed by atoms with E-state index >= 15 is 0 Å². The molecule has 162 valence electrons. The number of pyridine rings is 1. The van der Waals surface area contributed by atoms with Crippen LogP contribution in [0, 0.1) is 11.6 Å². The number of halogens is 2. The van der Waals surface area contributed by atoms with E-state index in [2.05, 4.69) is 25.8 Å². The Morgan fingerprint density at radius 2 is 1.91 bits per heavy atom. The maximum absolute atomic E-state index is 14.3. The van der Waals surface area contributed by atoms with Gasteiger partial charge in [0.1, 0.15) is 11.5 Å². The Morgan fingerprint density at radius 3 is 2.66 bits per heavy atom. The van der Waals surface area contributed by atoms with Crippen LogP contribution in [-0.4, -0.2) is 31.1 Å². The highest BCUT2D eigenvalue weighted by Gasteiger charge is 2.19. The molecule has 0 fully saturated rings. The van der Waals surface area contributed by atoms with Crippen molar-refractivity contribution in [1.29, 1.82) is 0 Å². The van der Waals surface area contributed by atoms with Crippen LogP contribution >= 0.6 is 0 Å². The number of nitrogens with two attached hydrogens (primary N) is 1. The second-order valence-electron chi connectivity index (χ2n) is 7.02. The molecule has 8 nitrogen and oxygen atoms in total. The first kappa shape index (κ1) is 21.0. The van der Waals surface area contributed by atoms with Crippen molar-refractivity contribution in [1.82, 2.24) is 25.2 Å². The number of carbonyl (C=O) groups is 1. The van der Waals surface area contributed by atoms with Crippen molar-refractivity contribution in [2.75, 3.05) is 11.1 Å². The number of benzene rings is 2. The summed E-state index contributed by atoms with van der Waals surface area (Å²) >= 11 is 0. The average Bonchev–Trinajstić information content (AvgIpc) is 3.26. The standard InChI is InChI=1S/C22H19F2N7O/c1-2-4-19(32)27-15-9-7-13(8-10-15)14-11-16(21(25)26-12-14)22-28-29-30-31(22)18-6-3-5-17(23)20(18)24/h3,5-12H,2,4H2,1H3,(H2,25,26)(H,27,32). The van der Waals surface area contributed by atoms with E-state index in [0.29, 0.717) is 23.2 Å². The molecule has 32 heavy (non-hydrogen) atoms. The monoisotopic (exact) mass is 435 g/mol. The van der Waals surface area contributed by atoms with Crippen LogP contribution in [0.4, 0.5) is 20.3 Å². The van der Waals surface area contributed by atoms with Crippen LogP contribution in [0.3, 0.4) is 0 Å². The van der Waals surface area contributed by atoms with E-state index < -0.39 is 11.6 Å². The Balaban J connectivity index is 1.69. The number of hydrogen-bond acceptors (Lipinski definition) is 6. The Labute approximate surface area is 182 Å². The first-order valence-electron chi connectivity index (χ1n) is 9.87. The van der Waals surface area contributed by atoms with Crippen molar-refractivity contribution in [3.8, 4) is 28.2 Å². The lowest BCUT2D eigenvalue weighted by Gasteiger charge is -2.10. The van der Waals surface area contributed by atoms with Gasteiger partial charge in [-0.15, -0.1) is 5.10 Å². The highest BCUT2D eigenvalue weighted by molar-refractivity contribution is 5.91. The summed E-state index contributed by atoms with van der Waals surface area (Å²) in [5.74, 6) is -1.90. The molecule has 0 bridgehead atoms. The molecule has 0 unspecified atom stereocenters. The van der Waals surface area contributed by atoms with Crippen molar-refractivity contribution >= 4 is 17.4 Å². The largest absolute Gasteiger partial charge is 0.383 e. The number of hydrogen-bond donors (Lipinski definition) is 2. The van der Waals surface area contributed by atoms with Gasteiger partial charge in [0.05, 0.1) is 5.56 Å². The molecule has 4 aromatic rings. The third-order valence-electron chi connectivity index (χ3n) is 4.77. The lowest BCUT2D eigenvalue weighted by atomic mass is 10.0. The molecule has 2 aromatic carbocycles. The third-order valence-corrected chi connectivity index (χ3v) is 4.77. The zero-order chi connectivity index (χ0) is 22.7. The van der Waals surface area contributed by atoms with Gasteiger partial charge in [-0.2, -0.15) is 4.68 Å². The van der Waals surface area contributed by atoms with Gasteiger partial charge in [-0.3, -0.25) is 4.79 Å². The number of carbonyl (C=O) groups excluding carboxylic acids is 1. The Kier molecular flexibility index (Phi) is 5.84. The summed E-state index contributed by atoms with van der Waals surface area (Å²) < 4.78 is 29.1. The van der Waals surface area contributed by atoms with Gasteiger partial charge in [0.15, 0.2) is 17.5 Å². The molecule has 0 atom stereocenters. The zero-order valence-corrected chi connectivity index (χ0v) is 17.1. The molecule has 0 saturated heterocycles. The lowest BCUT2D eigenvalue weighted by molar-refractivity contribution is -0.116. The fourth-order valence-electron chi connectivity index (χ4n) is 3.18. The van der Waals surface area contributed by atoms with Gasteiger partial charge in [-0.1, -0.05) is 25.1 Å². The normalized spacial score (nSPS) is 10.8. The van der Waals surface area contributed by atoms with E-state index in [4.69, 9.17) is 5.73 Å². The number of nitrogens with zero attached hydrogens (tertiary/aromatic N) is 5. The molecule has 4 rings (SSSR count). The Hall–Kier alpha value is -4.21. The minimum Gasteiger partial charge on any atom is -0.383 e. The summed E-state index contributed by atoms with van der Waals surface area (Å²) in [6.45, 7) is 1.94. The number of amides is 1. The molecule has 2 heterocycles. The number of tetrazole rings is 1. The summed E-state index contributed by atoms with van der Waals surface area (Å²) in [4.78, 5) is 16.0. The van der Waals surface area contributed by atoms with Crippen LogP contribution in [0.15, 0.2) is 54.7 Å². The van der Waals surface area contributed by atoms with Crippen LogP contribution in [0.1, 0.15) is 19.8 Å². The fourth-order valence-corrected chi connectivity index (χ4v) is 3.18. The fraction of sp³-hybridized carbons (Fsp3) is 0.136. The molecule has 0 saturated carbocycles. The highest BCUT2D eigenvalue weighted by Crippen LogP contribution is 2.30. The molecule has 0 aliphatic carbocycles. The minimum atomic E-state index is -1.08. The summed E-state index contributed by atoms with van der Waals surface area (Å²) in [6.07, 6.45) is 2.80. The molecular weight excluding hydrogens is 416 g/mol. The second kappa shape index (κ2) is 8.88. The SMILES string of the molecule is CCCC(=O)Nc1ccc(-c2cnc(N)c(-c3nnnn3-c3cccc(F)c3F)c2)cc1. The van der Waals surface area contributed by atoms with E-state index in [1.807, 2.05) is 19.1 Å². The Bertz CT molecular complexity index is 1270. The van der Waals surface area contributed by atoms with Crippen molar-refractivity contribution < 1.29 is 13.6 Å². The quantitative estimate of drug-likeness (QED) is 0.474. The highest BCUT2D eigenvalue weighted by atomic mass is 19.2. The van der Waals surface area contributed by atoms with Crippen LogP contribution in [0.5, 0.6) is 0 Å². The summed E-state index contributed by atoms with van der Waals surface area (Å²) in [5, 5.41) is 14.1.